The van der Waals surface area contributed by atoms with Gasteiger partial charge in [-0.05, 0) is 50.3 Å². The number of hydrogen-bond acceptors (Lipinski definition) is 5. The predicted molar refractivity (Wildman–Crippen MR) is 116 cm³/mol. The SMILES string of the molecule is CC1CCN(C(=O)c2ccccc2OCC2CCCN(Cc3cncs3)C2)CC1. The lowest BCUT2D eigenvalue weighted by Crippen LogP contribution is -2.38. The number of ether oxygens (including phenoxy) is 1. The molecule has 3 heterocycles. The molecule has 2 fully saturated rings. The number of nitrogens with zero attached hydrogens (tertiary/aromatic N) is 3. The summed E-state index contributed by atoms with van der Waals surface area (Å²) in [6.45, 7) is 7.79. The number of likely N-dealkylation sites (tertiary alicyclic amines) is 2. The molecular weight excluding hydrogens is 382 g/mol. The Balaban J connectivity index is 1.34. The number of thiazole rings is 1. The molecule has 2 saturated heterocycles. The lowest BCUT2D eigenvalue weighted by molar-refractivity contribution is 0.0689. The summed E-state index contributed by atoms with van der Waals surface area (Å²) in [6, 6.07) is 7.75. The molecule has 1 aromatic carbocycles. The largest absolute Gasteiger partial charge is 0.492 e. The fraction of sp³-hybridized carbons (Fsp3) is 0.565. The first-order chi connectivity index (χ1) is 14.2. The van der Waals surface area contributed by atoms with E-state index in [-0.39, 0.29) is 5.91 Å². The van der Waals surface area contributed by atoms with Gasteiger partial charge >= 0.3 is 0 Å². The van der Waals surface area contributed by atoms with Crippen LogP contribution in [0.3, 0.4) is 0 Å². The summed E-state index contributed by atoms with van der Waals surface area (Å²) >= 11 is 1.72. The summed E-state index contributed by atoms with van der Waals surface area (Å²) in [5, 5.41) is 0. The molecular formula is C23H31N3O2S. The van der Waals surface area contributed by atoms with E-state index in [4.69, 9.17) is 4.74 Å². The molecule has 0 spiro atoms. The Bertz CT molecular complexity index is 787. The number of aromatic nitrogens is 1. The molecule has 1 aromatic heterocycles. The van der Waals surface area contributed by atoms with Gasteiger partial charge in [0.25, 0.3) is 5.91 Å². The average molecular weight is 414 g/mol. The zero-order valence-electron chi connectivity index (χ0n) is 17.3. The van der Waals surface area contributed by atoms with Crippen molar-refractivity contribution in [2.75, 3.05) is 32.8 Å². The molecule has 1 amide bonds. The van der Waals surface area contributed by atoms with Crippen LogP contribution in [-0.2, 0) is 6.54 Å². The van der Waals surface area contributed by atoms with Crippen molar-refractivity contribution in [2.24, 2.45) is 11.8 Å². The quantitative estimate of drug-likeness (QED) is 0.708. The van der Waals surface area contributed by atoms with Crippen LogP contribution >= 0.6 is 11.3 Å². The molecule has 156 valence electrons. The highest BCUT2D eigenvalue weighted by atomic mass is 32.1. The maximum absolute atomic E-state index is 13.0. The van der Waals surface area contributed by atoms with Crippen LogP contribution in [0.15, 0.2) is 36.0 Å². The van der Waals surface area contributed by atoms with E-state index in [1.807, 2.05) is 40.9 Å². The molecule has 5 nitrogen and oxygen atoms in total. The van der Waals surface area contributed by atoms with Crippen molar-refractivity contribution in [1.29, 1.82) is 0 Å². The summed E-state index contributed by atoms with van der Waals surface area (Å²) in [5.74, 6) is 2.05. The second kappa shape index (κ2) is 9.72. The number of amides is 1. The van der Waals surface area contributed by atoms with Crippen LogP contribution in [-0.4, -0.2) is 53.5 Å². The zero-order valence-corrected chi connectivity index (χ0v) is 18.1. The highest BCUT2D eigenvalue weighted by molar-refractivity contribution is 7.09. The van der Waals surface area contributed by atoms with E-state index in [0.29, 0.717) is 24.0 Å². The van der Waals surface area contributed by atoms with E-state index < -0.39 is 0 Å². The first kappa shape index (κ1) is 20.4. The van der Waals surface area contributed by atoms with E-state index >= 15 is 0 Å². The number of hydrogen-bond donors (Lipinski definition) is 0. The fourth-order valence-electron chi connectivity index (χ4n) is 4.33. The molecule has 0 N–H and O–H groups in total. The highest BCUT2D eigenvalue weighted by Gasteiger charge is 2.25. The minimum absolute atomic E-state index is 0.114. The average Bonchev–Trinajstić information content (AvgIpc) is 3.26. The predicted octanol–water partition coefficient (Wildman–Crippen LogP) is 4.31. The molecule has 29 heavy (non-hydrogen) atoms. The summed E-state index contributed by atoms with van der Waals surface area (Å²) in [7, 11) is 0. The van der Waals surface area contributed by atoms with Gasteiger partial charge in [0.15, 0.2) is 0 Å². The van der Waals surface area contributed by atoms with E-state index in [9.17, 15) is 4.79 Å². The molecule has 0 saturated carbocycles. The van der Waals surface area contributed by atoms with Gasteiger partial charge in [-0.3, -0.25) is 14.7 Å². The van der Waals surface area contributed by atoms with Crippen molar-refractivity contribution in [1.82, 2.24) is 14.8 Å². The Morgan fingerprint density at radius 1 is 1.21 bits per heavy atom. The number of carbonyl (C=O) groups is 1. The Kier molecular flexibility index (Phi) is 6.82. The molecule has 0 aliphatic carbocycles. The third kappa shape index (κ3) is 5.37. The van der Waals surface area contributed by atoms with Gasteiger partial charge in [-0.25, -0.2) is 0 Å². The topological polar surface area (TPSA) is 45.7 Å². The first-order valence-electron chi connectivity index (χ1n) is 10.8. The van der Waals surface area contributed by atoms with Crippen LogP contribution in [0.5, 0.6) is 5.75 Å². The fourth-order valence-corrected chi connectivity index (χ4v) is 4.97. The molecule has 2 aliphatic heterocycles. The van der Waals surface area contributed by atoms with Gasteiger partial charge in [0.05, 0.1) is 17.7 Å². The molecule has 4 rings (SSSR count). The van der Waals surface area contributed by atoms with E-state index in [0.717, 1.165) is 51.3 Å². The number of piperidine rings is 2. The van der Waals surface area contributed by atoms with Gasteiger partial charge in [-0.2, -0.15) is 0 Å². The van der Waals surface area contributed by atoms with Crippen LogP contribution in [0.4, 0.5) is 0 Å². The summed E-state index contributed by atoms with van der Waals surface area (Å²) in [4.78, 5) is 23.0. The molecule has 6 heteroatoms. The van der Waals surface area contributed by atoms with Gasteiger partial charge in [-0.1, -0.05) is 19.1 Å². The van der Waals surface area contributed by atoms with Crippen LogP contribution in [0, 0.1) is 11.8 Å². The van der Waals surface area contributed by atoms with Crippen molar-refractivity contribution in [3.05, 3.63) is 46.4 Å². The Hall–Kier alpha value is -1.92. The zero-order chi connectivity index (χ0) is 20.1. The Labute approximate surface area is 177 Å². The molecule has 2 aromatic rings. The number of para-hydroxylation sites is 1. The normalized spacial score (nSPS) is 21.3. The van der Waals surface area contributed by atoms with Gasteiger partial charge in [0.1, 0.15) is 5.75 Å². The maximum Gasteiger partial charge on any atom is 0.257 e. The molecule has 0 radical (unpaired) electrons. The first-order valence-corrected chi connectivity index (χ1v) is 11.7. The summed E-state index contributed by atoms with van der Waals surface area (Å²) in [5.41, 5.74) is 2.61. The molecule has 0 bridgehead atoms. The third-order valence-electron chi connectivity index (χ3n) is 6.13. The second-order valence-corrected chi connectivity index (χ2v) is 9.46. The number of benzene rings is 1. The highest BCUT2D eigenvalue weighted by Crippen LogP contribution is 2.26. The maximum atomic E-state index is 13.0. The van der Waals surface area contributed by atoms with Crippen molar-refractivity contribution in [3.63, 3.8) is 0 Å². The Morgan fingerprint density at radius 3 is 2.83 bits per heavy atom. The van der Waals surface area contributed by atoms with Gasteiger partial charge < -0.3 is 9.64 Å². The van der Waals surface area contributed by atoms with Crippen molar-refractivity contribution in [2.45, 2.75) is 39.2 Å². The van der Waals surface area contributed by atoms with E-state index in [1.54, 1.807) is 11.3 Å². The Morgan fingerprint density at radius 2 is 2.03 bits per heavy atom. The monoisotopic (exact) mass is 413 g/mol. The van der Waals surface area contributed by atoms with Gasteiger partial charge in [0.2, 0.25) is 0 Å². The van der Waals surface area contributed by atoms with Crippen LogP contribution in [0.1, 0.15) is 47.8 Å². The van der Waals surface area contributed by atoms with Crippen molar-refractivity contribution in [3.8, 4) is 5.75 Å². The van der Waals surface area contributed by atoms with Gasteiger partial charge in [-0.15, -0.1) is 11.3 Å². The second-order valence-electron chi connectivity index (χ2n) is 8.49. The molecule has 1 atom stereocenters. The number of rotatable bonds is 6. The molecule has 2 aliphatic rings. The van der Waals surface area contributed by atoms with Crippen molar-refractivity contribution < 1.29 is 9.53 Å². The van der Waals surface area contributed by atoms with Crippen LogP contribution < -0.4 is 4.74 Å². The van der Waals surface area contributed by atoms with E-state index in [2.05, 4.69) is 16.8 Å². The van der Waals surface area contributed by atoms with Gasteiger partial charge in [0, 0.05) is 43.2 Å². The van der Waals surface area contributed by atoms with Crippen LogP contribution in [0.2, 0.25) is 0 Å². The third-order valence-corrected chi connectivity index (χ3v) is 6.89. The minimum atomic E-state index is 0.114. The molecule has 1 unspecified atom stereocenters. The van der Waals surface area contributed by atoms with E-state index in [1.165, 1.54) is 17.7 Å². The van der Waals surface area contributed by atoms with Crippen molar-refractivity contribution >= 4 is 17.2 Å². The lowest BCUT2D eigenvalue weighted by atomic mass is 9.98. The standard InChI is InChI=1S/C23H31N3O2S/c1-18-8-11-26(12-9-18)23(27)21-6-2-3-7-22(21)28-16-19-5-4-10-25(14-19)15-20-13-24-17-29-20/h2-3,6-7,13,17-19H,4-5,8-12,14-16H2,1H3. The smallest absolute Gasteiger partial charge is 0.257 e. The lowest BCUT2D eigenvalue weighted by Gasteiger charge is -2.33. The number of carbonyl (C=O) groups excluding carboxylic acids is 1. The van der Waals surface area contributed by atoms with Crippen LogP contribution in [0.25, 0.3) is 0 Å². The minimum Gasteiger partial charge on any atom is -0.492 e. The summed E-state index contributed by atoms with van der Waals surface area (Å²) in [6.07, 6.45) is 6.52. The summed E-state index contributed by atoms with van der Waals surface area (Å²) < 4.78 is 6.21.